The van der Waals surface area contributed by atoms with Gasteiger partial charge in [-0.05, 0) is 29.2 Å². The molecule has 0 aliphatic heterocycles. The number of amides is 1. The number of aromatic nitrogens is 3. The van der Waals surface area contributed by atoms with Gasteiger partial charge in [0.2, 0.25) is 0 Å². The summed E-state index contributed by atoms with van der Waals surface area (Å²) in [7, 11) is 0. The van der Waals surface area contributed by atoms with Crippen molar-refractivity contribution in [3.8, 4) is 16.6 Å². The summed E-state index contributed by atoms with van der Waals surface area (Å²) in [6, 6.07) is 6.93. The van der Waals surface area contributed by atoms with Gasteiger partial charge >= 0.3 is 0 Å². The van der Waals surface area contributed by atoms with Crippen LogP contribution in [-0.4, -0.2) is 26.0 Å². The first-order chi connectivity index (χ1) is 11.8. The number of anilines is 1. The van der Waals surface area contributed by atoms with Crippen molar-refractivity contribution in [1.29, 1.82) is 0 Å². The largest absolute Gasteiger partial charge is 0.506 e. The summed E-state index contributed by atoms with van der Waals surface area (Å²) < 4.78 is 0. The highest BCUT2D eigenvalue weighted by atomic mass is 32.1. The van der Waals surface area contributed by atoms with E-state index in [1.165, 1.54) is 11.3 Å². The van der Waals surface area contributed by atoms with Crippen molar-refractivity contribution in [1.82, 2.24) is 15.0 Å². The normalized spacial score (nSPS) is 11.3. The second-order valence-corrected chi connectivity index (χ2v) is 7.40. The molecule has 3 rings (SSSR count). The number of rotatable bonds is 3. The topological polar surface area (TPSA) is 88.0 Å². The summed E-state index contributed by atoms with van der Waals surface area (Å²) in [5, 5.41) is 15.0. The van der Waals surface area contributed by atoms with Gasteiger partial charge in [0.05, 0.1) is 5.69 Å². The fourth-order valence-corrected chi connectivity index (χ4v) is 2.92. The molecule has 2 N–H and O–H groups in total. The SMILES string of the molecule is CC(C)(C)c1ccc(O)c(NC(=O)c2csc(-c3ncccn3)n2)c1. The Hall–Kier alpha value is -2.80. The predicted octanol–water partition coefficient (Wildman–Crippen LogP) is 3.86. The van der Waals surface area contributed by atoms with Crippen LogP contribution in [0.1, 0.15) is 36.8 Å². The lowest BCUT2D eigenvalue weighted by Crippen LogP contribution is -2.15. The smallest absolute Gasteiger partial charge is 0.275 e. The number of nitrogens with zero attached hydrogens (tertiary/aromatic N) is 3. The van der Waals surface area contributed by atoms with Crippen LogP contribution in [-0.2, 0) is 5.41 Å². The zero-order chi connectivity index (χ0) is 18.0. The lowest BCUT2D eigenvalue weighted by molar-refractivity contribution is 0.102. The molecular formula is C18H18N4O2S. The summed E-state index contributed by atoms with van der Waals surface area (Å²) >= 11 is 1.29. The van der Waals surface area contributed by atoms with Crippen LogP contribution in [0.5, 0.6) is 5.75 Å². The molecule has 6 nitrogen and oxygen atoms in total. The maximum absolute atomic E-state index is 12.5. The van der Waals surface area contributed by atoms with Crippen LogP contribution in [0.4, 0.5) is 5.69 Å². The van der Waals surface area contributed by atoms with E-state index in [1.807, 2.05) is 6.07 Å². The minimum absolute atomic E-state index is 0.0168. The van der Waals surface area contributed by atoms with E-state index in [-0.39, 0.29) is 22.8 Å². The van der Waals surface area contributed by atoms with Gasteiger partial charge in [-0.3, -0.25) is 4.79 Å². The maximum Gasteiger partial charge on any atom is 0.275 e. The Morgan fingerprint density at radius 3 is 2.60 bits per heavy atom. The van der Waals surface area contributed by atoms with Crippen LogP contribution in [0.25, 0.3) is 10.8 Å². The number of phenols is 1. The molecule has 0 bridgehead atoms. The molecule has 1 aromatic carbocycles. The van der Waals surface area contributed by atoms with Gasteiger partial charge in [-0.25, -0.2) is 15.0 Å². The molecule has 0 aliphatic carbocycles. The zero-order valence-corrected chi connectivity index (χ0v) is 15.0. The van der Waals surface area contributed by atoms with Crippen LogP contribution in [0, 0.1) is 0 Å². The highest BCUT2D eigenvalue weighted by Crippen LogP contribution is 2.31. The van der Waals surface area contributed by atoms with Crippen molar-refractivity contribution < 1.29 is 9.90 Å². The average molecular weight is 354 g/mol. The Morgan fingerprint density at radius 1 is 1.20 bits per heavy atom. The monoisotopic (exact) mass is 354 g/mol. The Kier molecular flexibility index (Phi) is 4.50. The molecule has 128 valence electrons. The zero-order valence-electron chi connectivity index (χ0n) is 14.1. The molecule has 2 aromatic heterocycles. The van der Waals surface area contributed by atoms with Gasteiger partial charge in [0.15, 0.2) is 10.8 Å². The number of thiazole rings is 1. The number of hydrogen-bond acceptors (Lipinski definition) is 6. The van der Waals surface area contributed by atoms with Crippen LogP contribution in [0.3, 0.4) is 0 Å². The third kappa shape index (κ3) is 3.83. The molecular weight excluding hydrogens is 336 g/mol. The quantitative estimate of drug-likeness (QED) is 0.697. The first kappa shape index (κ1) is 17.0. The van der Waals surface area contributed by atoms with E-state index in [0.717, 1.165) is 5.56 Å². The number of hydrogen-bond donors (Lipinski definition) is 2. The first-order valence-electron chi connectivity index (χ1n) is 7.72. The number of nitrogens with one attached hydrogen (secondary N) is 1. The van der Waals surface area contributed by atoms with E-state index >= 15 is 0 Å². The summed E-state index contributed by atoms with van der Waals surface area (Å²) in [5.74, 6) is 0.104. The van der Waals surface area contributed by atoms with E-state index in [1.54, 1.807) is 36.0 Å². The minimum Gasteiger partial charge on any atom is -0.506 e. The number of aromatic hydroxyl groups is 1. The fourth-order valence-electron chi connectivity index (χ4n) is 2.18. The number of benzene rings is 1. The molecule has 0 atom stereocenters. The second-order valence-electron chi connectivity index (χ2n) is 6.55. The minimum atomic E-state index is -0.389. The van der Waals surface area contributed by atoms with Crippen molar-refractivity contribution >= 4 is 22.9 Å². The molecule has 2 heterocycles. The van der Waals surface area contributed by atoms with Gasteiger partial charge in [-0.1, -0.05) is 26.8 Å². The molecule has 0 radical (unpaired) electrons. The van der Waals surface area contributed by atoms with Crippen LogP contribution in [0.15, 0.2) is 42.0 Å². The average Bonchev–Trinajstić information content (AvgIpc) is 3.07. The van der Waals surface area contributed by atoms with Gasteiger partial charge in [-0.2, -0.15) is 0 Å². The van der Waals surface area contributed by atoms with Gasteiger partial charge in [0.1, 0.15) is 11.4 Å². The van der Waals surface area contributed by atoms with Crippen molar-refractivity contribution in [3.63, 3.8) is 0 Å². The fraction of sp³-hybridized carbons (Fsp3) is 0.222. The molecule has 0 fully saturated rings. The highest BCUT2D eigenvalue weighted by Gasteiger charge is 2.18. The highest BCUT2D eigenvalue weighted by molar-refractivity contribution is 7.13. The Morgan fingerprint density at radius 2 is 1.92 bits per heavy atom. The first-order valence-corrected chi connectivity index (χ1v) is 8.60. The molecule has 0 spiro atoms. The third-order valence-electron chi connectivity index (χ3n) is 3.60. The lowest BCUT2D eigenvalue weighted by atomic mass is 9.87. The third-order valence-corrected chi connectivity index (χ3v) is 4.44. The van der Waals surface area contributed by atoms with E-state index in [4.69, 9.17) is 0 Å². The molecule has 0 saturated carbocycles. The molecule has 7 heteroatoms. The van der Waals surface area contributed by atoms with E-state index in [0.29, 0.717) is 16.5 Å². The molecule has 0 unspecified atom stereocenters. The maximum atomic E-state index is 12.5. The van der Waals surface area contributed by atoms with Gasteiger partial charge in [-0.15, -0.1) is 11.3 Å². The van der Waals surface area contributed by atoms with E-state index < -0.39 is 0 Å². The molecule has 1 amide bonds. The second kappa shape index (κ2) is 6.60. The summed E-state index contributed by atoms with van der Waals surface area (Å²) in [4.78, 5) is 25.0. The summed E-state index contributed by atoms with van der Waals surface area (Å²) in [6.45, 7) is 6.20. The Bertz CT molecular complexity index is 901. The van der Waals surface area contributed by atoms with Crippen LogP contribution >= 0.6 is 11.3 Å². The van der Waals surface area contributed by atoms with Crippen molar-refractivity contribution in [2.45, 2.75) is 26.2 Å². The van der Waals surface area contributed by atoms with Gasteiger partial charge < -0.3 is 10.4 Å². The summed E-state index contributed by atoms with van der Waals surface area (Å²) in [5.41, 5.74) is 1.54. The van der Waals surface area contributed by atoms with Crippen molar-refractivity contribution in [3.05, 3.63) is 53.3 Å². The van der Waals surface area contributed by atoms with Crippen LogP contribution < -0.4 is 5.32 Å². The van der Waals surface area contributed by atoms with E-state index in [2.05, 4.69) is 41.0 Å². The van der Waals surface area contributed by atoms with E-state index in [9.17, 15) is 9.90 Å². The number of phenolic OH excluding ortho intramolecular Hbond substituents is 1. The van der Waals surface area contributed by atoms with Gasteiger partial charge in [0.25, 0.3) is 5.91 Å². The molecule has 0 aliphatic rings. The molecule has 3 aromatic rings. The predicted molar refractivity (Wildman–Crippen MR) is 97.9 cm³/mol. The number of carbonyl (C=O) groups is 1. The Labute approximate surface area is 149 Å². The Balaban J connectivity index is 1.83. The van der Waals surface area contributed by atoms with Crippen molar-refractivity contribution in [2.75, 3.05) is 5.32 Å². The molecule has 25 heavy (non-hydrogen) atoms. The standard InChI is InChI=1S/C18H18N4O2S/c1-18(2,3)11-5-6-14(23)12(9-11)21-16(24)13-10-25-17(22-13)15-19-7-4-8-20-15/h4-10,23H,1-3H3,(H,21,24). The number of carbonyl (C=O) groups excluding carboxylic acids is 1. The van der Waals surface area contributed by atoms with Gasteiger partial charge in [0, 0.05) is 17.8 Å². The van der Waals surface area contributed by atoms with Crippen LogP contribution in [0.2, 0.25) is 0 Å². The van der Waals surface area contributed by atoms with Crippen molar-refractivity contribution in [2.24, 2.45) is 0 Å². The molecule has 0 saturated heterocycles. The lowest BCUT2D eigenvalue weighted by Gasteiger charge is -2.20. The summed E-state index contributed by atoms with van der Waals surface area (Å²) in [6.07, 6.45) is 3.25.